The van der Waals surface area contributed by atoms with Crippen LogP contribution in [-0.4, -0.2) is 29.1 Å². The van der Waals surface area contributed by atoms with Gasteiger partial charge in [-0.15, -0.1) is 11.3 Å². The monoisotopic (exact) mass is 376 g/mol. The summed E-state index contributed by atoms with van der Waals surface area (Å²) in [5.74, 6) is -0.704. The molecule has 1 amide bonds. The second kappa shape index (κ2) is 8.31. The number of methoxy groups -OCH3 is 1. The minimum Gasteiger partial charge on any atom is -0.497 e. The van der Waals surface area contributed by atoms with Crippen molar-refractivity contribution < 1.29 is 19.4 Å². The van der Waals surface area contributed by atoms with Crippen molar-refractivity contribution in [2.75, 3.05) is 7.11 Å². The van der Waals surface area contributed by atoms with Crippen LogP contribution in [0.2, 0.25) is 0 Å². The Labute approximate surface area is 157 Å². The standard InChI is InChI=1S/C19H24N2O4S/c1-5-7-15-20-12(2)17(26-15)18(24)21-19(3,11-16(22)23)13-8-6-9-14(10-13)25-4/h6,8-10H,5,7,11H2,1-4H3,(H,21,24)(H,22,23). The highest BCUT2D eigenvalue weighted by Crippen LogP contribution is 2.29. The van der Waals surface area contributed by atoms with Gasteiger partial charge in [-0.05, 0) is 44.4 Å². The van der Waals surface area contributed by atoms with Crippen molar-refractivity contribution in [3.63, 3.8) is 0 Å². The first kappa shape index (κ1) is 19.9. The van der Waals surface area contributed by atoms with E-state index in [-0.39, 0.29) is 12.3 Å². The molecule has 0 spiro atoms. The normalized spacial score (nSPS) is 13.1. The number of carbonyl (C=O) groups excluding carboxylic acids is 1. The van der Waals surface area contributed by atoms with Crippen LogP contribution in [0.4, 0.5) is 0 Å². The molecule has 0 bridgehead atoms. The summed E-state index contributed by atoms with van der Waals surface area (Å²) in [6.07, 6.45) is 1.53. The summed E-state index contributed by atoms with van der Waals surface area (Å²) in [5, 5.41) is 13.2. The number of hydrogen-bond acceptors (Lipinski definition) is 5. The fourth-order valence-corrected chi connectivity index (χ4v) is 3.84. The van der Waals surface area contributed by atoms with Gasteiger partial charge in [-0.1, -0.05) is 19.1 Å². The van der Waals surface area contributed by atoms with E-state index < -0.39 is 11.5 Å². The maximum Gasteiger partial charge on any atom is 0.306 e. The summed E-state index contributed by atoms with van der Waals surface area (Å²) in [5.41, 5.74) is 0.265. The Hall–Kier alpha value is -2.41. The summed E-state index contributed by atoms with van der Waals surface area (Å²) in [4.78, 5) is 29.2. The molecule has 0 aliphatic heterocycles. The number of thiazole rings is 1. The zero-order chi connectivity index (χ0) is 19.3. The van der Waals surface area contributed by atoms with Crippen LogP contribution in [0.25, 0.3) is 0 Å². The van der Waals surface area contributed by atoms with Crippen molar-refractivity contribution in [3.05, 3.63) is 45.4 Å². The Morgan fingerprint density at radius 3 is 2.73 bits per heavy atom. The summed E-state index contributed by atoms with van der Waals surface area (Å²) in [6.45, 7) is 5.56. The highest BCUT2D eigenvalue weighted by Gasteiger charge is 2.33. The number of aliphatic carboxylic acids is 1. The number of benzene rings is 1. The van der Waals surface area contributed by atoms with Gasteiger partial charge in [0.2, 0.25) is 0 Å². The van der Waals surface area contributed by atoms with Crippen molar-refractivity contribution >= 4 is 23.2 Å². The lowest BCUT2D eigenvalue weighted by atomic mass is 9.88. The van der Waals surface area contributed by atoms with Crippen LogP contribution < -0.4 is 10.1 Å². The third-order valence-electron chi connectivity index (χ3n) is 4.11. The Bertz CT molecular complexity index is 803. The lowest BCUT2D eigenvalue weighted by molar-refractivity contribution is -0.138. The predicted molar refractivity (Wildman–Crippen MR) is 101 cm³/mol. The Morgan fingerprint density at radius 1 is 1.38 bits per heavy atom. The fraction of sp³-hybridized carbons (Fsp3) is 0.421. The number of carboxylic acids is 1. The van der Waals surface area contributed by atoms with E-state index in [0.717, 1.165) is 17.8 Å². The van der Waals surface area contributed by atoms with Gasteiger partial charge < -0.3 is 15.2 Å². The first-order valence-electron chi connectivity index (χ1n) is 8.44. The number of amides is 1. The molecule has 2 N–H and O–H groups in total. The van der Waals surface area contributed by atoms with Gasteiger partial charge in [-0.25, -0.2) is 4.98 Å². The van der Waals surface area contributed by atoms with E-state index in [1.165, 1.54) is 11.3 Å². The number of aromatic nitrogens is 1. The zero-order valence-corrected chi connectivity index (χ0v) is 16.3. The first-order chi connectivity index (χ1) is 12.3. The van der Waals surface area contributed by atoms with Gasteiger partial charge in [0.1, 0.15) is 10.6 Å². The number of carboxylic acid groups (broad SMARTS) is 1. The molecule has 1 unspecified atom stereocenters. The molecule has 0 aliphatic carbocycles. The number of nitrogens with one attached hydrogen (secondary N) is 1. The van der Waals surface area contributed by atoms with Gasteiger partial charge in [0.25, 0.3) is 5.91 Å². The number of aryl methyl sites for hydroxylation is 2. The molecule has 0 fully saturated rings. The highest BCUT2D eigenvalue weighted by atomic mass is 32.1. The van der Waals surface area contributed by atoms with Crippen LogP contribution in [-0.2, 0) is 16.8 Å². The van der Waals surface area contributed by atoms with Crippen molar-refractivity contribution in [3.8, 4) is 5.75 Å². The number of carbonyl (C=O) groups is 2. The second-order valence-electron chi connectivity index (χ2n) is 6.36. The summed E-state index contributed by atoms with van der Waals surface area (Å²) >= 11 is 1.36. The first-order valence-corrected chi connectivity index (χ1v) is 9.26. The molecule has 1 atom stereocenters. The van der Waals surface area contributed by atoms with Crippen LogP contribution in [0, 0.1) is 6.92 Å². The third kappa shape index (κ3) is 4.60. The molecule has 2 rings (SSSR count). The van der Waals surface area contributed by atoms with Crippen LogP contribution in [0.5, 0.6) is 5.75 Å². The molecule has 1 aromatic heterocycles. The number of rotatable bonds is 8. The molecule has 0 radical (unpaired) electrons. The minimum atomic E-state index is -1.07. The molecule has 1 heterocycles. The van der Waals surface area contributed by atoms with Gasteiger partial charge in [-0.2, -0.15) is 0 Å². The molecule has 0 aliphatic rings. The summed E-state index contributed by atoms with van der Waals surface area (Å²) in [7, 11) is 1.54. The fourth-order valence-electron chi connectivity index (χ4n) is 2.78. The van der Waals surface area contributed by atoms with Gasteiger partial charge in [0, 0.05) is 0 Å². The third-order valence-corrected chi connectivity index (χ3v) is 5.33. The van der Waals surface area contributed by atoms with E-state index in [1.807, 2.05) is 0 Å². The second-order valence-corrected chi connectivity index (χ2v) is 7.44. The lowest BCUT2D eigenvalue weighted by Gasteiger charge is -2.30. The number of ether oxygens (including phenoxy) is 1. The average molecular weight is 376 g/mol. The van der Waals surface area contributed by atoms with Crippen LogP contribution >= 0.6 is 11.3 Å². The van der Waals surface area contributed by atoms with E-state index in [9.17, 15) is 14.7 Å². The topological polar surface area (TPSA) is 88.5 Å². The van der Waals surface area contributed by atoms with E-state index in [1.54, 1.807) is 45.2 Å². The van der Waals surface area contributed by atoms with Crippen molar-refractivity contribution in [1.82, 2.24) is 10.3 Å². The molecule has 2 aromatic rings. The summed E-state index contributed by atoms with van der Waals surface area (Å²) in [6, 6.07) is 7.08. The van der Waals surface area contributed by atoms with Crippen molar-refractivity contribution in [2.24, 2.45) is 0 Å². The van der Waals surface area contributed by atoms with Crippen LogP contribution in [0.3, 0.4) is 0 Å². The number of nitrogens with zero attached hydrogens (tertiary/aromatic N) is 1. The molecular weight excluding hydrogens is 352 g/mol. The molecule has 0 saturated carbocycles. The lowest BCUT2D eigenvalue weighted by Crippen LogP contribution is -2.45. The van der Waals surface area contributed by atoms with Crippen molar-refractivity contribution in [1.29, 1.82) is 0 Å². The molecule has 140 valence electrons. The maximum absolute atomic E-state index is 12.8. The molecule has 6 nitrogen and oxygen atoms in total. The molecule has 7 heteroatoms. The minimum absolute atomic E-state index is 0.244. The van der Waals surface area contributed by atoms with Crippen molar-refractivity contribution in [2.45, 2.75) is 45.6 Å². The van der Waals surface area contributed by atoms with Gasteiger partial charge in [0.05, 0.1) is 29.8 Å². The molecule has 0 saturated heterocycles. The number of hydrogen-bond donors (Lipinski definition) is 2. The van der Waals surface area contributed by atoms with Gasteiger partial charge in [0.15, 0.2) is 0 Å². The van der Waals surface area contributed by atoms with E-state index >= 15 is 0 Å². The van der Waals surface area contributed by atoms with E-state index in [2.05, 4.69) is 17.2 Å². The highest BCUT2D eigenvalue weighted by molar-refractivity contribution is 7.13. The predicted octanol–water partition coefficient (Wildman–Crippen LogP) is 3.53. The van der Waals surface area contributed by atoms with Crippen LogP contribution in [0.1, 0.15) is 52.6 Å². The largest absolute Gasteiger partial charge is 0.497 e. The maximum atomic E-state index is 12.8. The zero-order valence-electron chi connectivity index (χ0n) is 15.5. The Morgan fingerprint density at radius 2 is 2.12 bits per heavy atom. The SMILES string of the molecule is CCCc1nc(C)c(C(=O)NC(C)(CC(=O)O)c2cccc(OC)c2)s1. The Kier molecular flexibility index (Phi) is 6.37. The van der Waals surface area contributed by atoms with Gasteiger partial charge in [-0.3, -0.25) is 9.59 Å². The molecular formula is C19H24N2O4S. The molecule has 26 heavy (non-hydrogen) atoms. The Balaban J connectivity index is 2.35. The smallest absolute Gasteiger partial charge is 0.306 e. The molecule has 1 aromatic carbocycles. The quantitative estimate of drug-likeness (QED) is 0.736. The van der Waals surface area contributed by atoms with E-state index in [4.69, 9.17) is 4.74 Å². The summed E-state index contributed by atoms with van der Waals surface area (Å²) < 4.78 is 5.23. The average Bonchev–Trinajstić information content (AvgIpc) is 2.95. The van der Waals surface area contributed by atoms with E-state index in [0.29, 0.717) is 21.9 Å². The van der Waals surface area contributed by atoms with Crippen LogP contribution in [0.15, 0.2) is 24.3 Å². The van der Waals surface area contributed by atoms with Gasteiger partial charge >= 0.3 is 5.97 Å².